The van der Waals surface area contributed by atoms with Gasteiger partial charge in [-0.25, -0.2) is 0 Å². The largest absolute Gasteiger partial charge is 0.506 e. The zero-order valence-corrected chi connectivity index (χ0v) is 13.4. The van der Waals surface area contributed by atoms with Gasteiger partial charge in [0.05, 0.1) is 5.69 Å². The van der Waals surface area contributed by atoms with Crippen LogP contribution in [0.15, 0.2) is 48.5 Å². The number of aromatic hydroxyl groups is 1. The molecule has 0 radical (unpaired) electrons. The van der Waals surface area contributed by atoms with E-state index in [0.29, 0.717) is 5.69 Å². The van der Waals surface area contributed by atoms with Gasteiger partial charge in [0.2, 0.25) is 0 Å². The number of anilines is 2. The number of hydrogen-bond acceptors (Lipinski definition) is 3. The molecule has 5 nitrogen and oxygen atoms in total. The van der Waals surface area contributed by atoms with E-state index in [2.05, 4.69) is 31.4 Å². The van der Waals surface area contributed by atoms with Gasteiger partial charge in [0.25, 0.3) is 0 Å². The fourth-order valence-electron chi connectivity index (χ4n) is 2.00. The van der Waals surface area contributed by atoms with Crippen molar-refractivity contribution in [3.63, 3.8) is 0 Å². The van der Waals surface area contributed by atoms with E-state index in [1.54, 1.807) is 24.3 Å². The normalized spacial score (nSPS) is 10.9. The van der Waals surface area contributed by atoms with Gasteiger partial charge in [-0.1, -0.05) is 45.0 Å². The molecule has 0 aliphatic heterocycles. The van der Waals surface area contributed by atoms with E-state index in [4.69, 9.17) is 0 Å². The Labute approximate surface area is 135 Å². The summed E-state index contributed by atoms with van der Waals surface area (Å²) in [6.45, 7) is 6.29. The van der Waals surface area contributed by atoms with Crippen LogP contribution in [0, 0.1) is 0 Å². The minimum absolute atomic E-state index is 0.0186. The topological polar surface area (TPSA) is 78.4 Å². The molecule has 0 heterocycles. The predicted molar refractivity (Wildman–Crippen MR) is 90.5 cm³/mol. The van der Waals surface area contributed by atoms with E-state index >= 15 is 0 Å². The highest BCUT2D eigenvalue weighted by atomic mass is 16.3. The first-order valence-corrected chi connectivity index (χ1v) is 7.28. The van der Waals surface area contributed by atoms with E-state index in [0.717, 1.165) is 5.56 Å². The summed E-state index contributed by atoms with van der Waals surface area (Å²) in [6, 6.07) is 13.6. The molecule has 3 N–H and O–H groups in total. The fourth-order valence-corrected chi connectivity index (χ4v) is 2.00. The lowest BCUT2D eigenvalue weighted by Crippen LogP contribution is -2.29. The first kappa shape index (κ1) is 16.5. The number of carbonyl (C=O) groups is 2. The number of para-hydroxylation sites is 2. The van der Waals surface area contributed by atoms with Crippen molar-refractivity contribution in [1.82, 2.24) is 0 Å². The number of benzene rings is 2. The predicted octanol–water partition coefficient (Wildman–Crippen LogP) is 3.27. The van der Waals surface area contributed by atoms with Gasteiger partial charge in [0, 0.05) is 5.69 Å². The second-order valence-corrected chi connectivity index (χ2v) is 6.25. The SMILES string of the molecule is CC(C)(C)c1ccc(NC(=O)C(=O)Nc2ccccc2O)cc1. The van der Waals surface area contributed by atoms with Gasteiger partial charge in [-0.15, -0.1) is 0 Å². The van der Waals surface area contributed by atoms with E-state index < -0.39 is 11.8 Å². The van der Waals surface area contributed by atoms with Crippen molar-refractivity contribution < 1.29 is 14.7 Å². The molecule has 0 saturated carbocycles. The molecule has 0 atom stereocenters. The van der Waals surface area contributed by atoms with Crippen LogP contribution in [-0.2, 0) is 15.0 Å². The third kappa shape index (κ3) is 4.32. The van der Waals surface area contributed by atoms with Gasteiger partial charge in [-0.3, -0.25) is 9.59 Å². The number of rotatable bonds is 2. The lowest BCUT2D eigenvalue weighted by molar-refractivity contribution is -0.133. The number of hydrogen-bond donors (Lipinski definition) is 3. The Morgan fingerprint density at radius 1 is 0.870 bits per heavy atom. The number of carbonyl (C=O) groups excluding carboxylic acids is 2. The summed E-state index contributed by atoms with van der Waals surface area (Å²) in [4.78, 5) is 23.8. The smallest absolute Gasteiger partial charge is 0.314 e. The molecular weight excluding hydrogens is 292 g/mol. The highest BCUT2D eigenvalue weighted by molar-refractivity contribution is 6.43. The maximum Gasteiger partial charge on any atom is 0.314 e. The van der Waals surface area contributed by atoms with Crippen molar-refractivity contribution in [1.29, 1.82) is 0 Å². The molecular formula is C18H20N2O3. The van der Waals surface area contributed by atoms with Gasteiger partial charge in [0.1, 0.15) is 5.75 Å². The summed E-state index contributed by atoms with van der Waals surface area (Å²) >= 11 is 0. The molecule has 0 saturated heterocycles. The Kier molecular flexibility index (Phi) is 4.69. The molecule has 5 heteroatoms. The molecule has 0 fully saturated rings. The summed E-state index contributed by atoms with van der Waals surface area (Å²) in [6.07, 6.45) is 0. The van der Waals surface area contributed by atoms with Gasteiger partial charge in [-0.2, -0.15) is 0 Å². The lowest BCUT2D eigenvalue weighted by Gasteiger charge is -2.19. The van der Waals surface area contributed by atoms with Gasteiger partial charge >= 0.3 is 11.8 Å². The third-order valence-electron chi connectivity index (χ3n) is 3.37. The second kappa shape index (κ2) is 6.52. The lowest BCUT2D eigenvalue weighted by atomic mass is 9.87. The van der Waals surface area contributed by atoms with Gasteiger partial charge in [-0.05, 0) is 35.2 Å². The quantitative estimate of drug-likeness (QED) is 0.588. The summed E-state index contributed by atoms with van der Waals surface area (Å²) in [7, 11) is 0. The molecule has 23 heavy (non-hydrogen) atoms. The summed E-state index contributed by atoms with van der Waals surface area (Å²) in [5.41, 5.74) is 1.88. The molecule has 0 aliphatic rings. The van der Waals surface area contributed by atoms with Crippen molar-refractivity contribution >= 4 is 23.2 Å². The standard InChI is InChI=1S/C18H20N2O3/c1-18(2,3)12-8-10-13(11-9-12)19-16(22)17(23)20-14-6-4-5-7-15(14)21/h4-11,21H,1-3H3,(H,19,22)(H,20,23). The van der Waals surface area contributed by atoms with E-state index in [1.165, 1.54) is 12.1 Å². The number of phenolic OH excluding ortho intramolecular Hbond substituents is 1. The zero-order chi connectivity index (χ0) is 17.0. The van der Waals surface area contributed by atoms with Crippen molar-refractivity contribution in [3.8, 4) is 5.75 Å². The van der Waals surface area contributed by atoms with Crippen LogP contribution in [0.2, 0.25) is 0 Å². The molecule has 2 amide bonds. The Bertz CT molecular complexity index is 716. The molecule has 0 aromatic heterocycles. The molecule has 2 aromatic carbocycles. The van der Waals surface area contributed by atoms with Gasteiger partial charge in [0.15, 0.2) is 0 Å². The minimum atomic E-state index is -0.841. The Morgan fingerprint density at radius 2 is 1.43 bits per heavy atom. The van der Waals surface area contributed by atoms with Crippen LogP contribution >= 0.6 is 0 Å². The van der Waals surface area contributed by atoms with Crippen LogP contribution in [0.1, 0.15) is 26.3 Å². The Hall–Kier alpha value is -2.82. The van der Waals surface area contributed by atoms with Crippen molar-refractivity contribution in [2.45, 2.75) is 26.2 Å². The summed E-state index contributed by atoms with van der Waals surface area (Å²) in [5.74, 6) is -1.73. The van der Waals surface area contributed by atoms with Crippen molar-refractivity contribution in [2.75, 3.05) is 10.6 Å². The van der Waals surface area contributed by atoms with Crippen LogP contribution in [-0.4, -0.2) is 16.9 Å². The molecule has 0 bridgehead atoms. The van der Waals surface area contributed by atoms with Crippen LogP contribution in [0.5, 0.6) is 5.75 Å². The minimum Gasteiger partial charge on any atom is -0.506 e. The summed E-state index contributed by atoms with van der Waals surface area (Å²) < 4.78 is 0. The van der Waals surface area contributed by atoms with Crippen molar-refractivity contribution in [3.05, 3.63) is 54.1 Å². The zero-order valence-electron chi connectivity index (χ0n) is 13.4. The average molecular weight is 312 g/mol. The third-order valence-corrected chi connectivity index (χ3v) is 3.37. The van der Waals surface area contributed by atoms with E-state index in [-0.39, 0.29) is 16.9 Å². The first-order valence-electron chi connectivity index (χ1n) is 7.28. The second-order valence-electron chi connectivity index (χ2n) is 6.25. The molecule has 2 rings (SSSR count). The molecule has 0 spiro atoms. The van der Waals surface area contributed by atoms with Crippen molar-refractivity contribution in [2.24, 2.45) is 0 Å². The monoisotopic (exact) mass is 312 g/mol. The fraction of sp³-hybridized carbons (Fsp3) is 0.222. The molecule has 120 valence electrons. The number of amides is 2. The van der Waals surface area contributed by atoms with Crippen LogP contribution < -0.4 is 10.6 Å². The molecule has 0 unspecified atom stereocenters. The highest BCUT2D eigenvalue weighted by Gasteiger charge is 2.17. The van der Waals surface area contributed by atoms with Gasteiger partial charge < -0.3 is 15.7 Å². The van der Waals surface area contributed by atoms with Crippen LogP contribution in [0.4, 0.5) is 11.4 Å². The maximum atomic E-state index is 11.9. The van der Waals surface area contributed by atoms with E-state index in [9.17, 15) is 14.7 Å². The summed E-state index contributed by atoms with van der Waals surface area (Å²) in [5, 5.41) is 14.5. The Morgan fingerprint density at radius 3 is 2.00 bits per heavy atom. The molecule has 2 aromatic rings. The Balaban J connectivity index is 2.01. The molecule has 0 aliphatic carbocycles. The van der Waals surface area contributed by atoms with Crippen LogP contribution in [0.3, 0.4) is 0 Å². The first-order chi connectivity index (χ1) is 10.8. The maximum absolute atomic E-state index is 11.9. The van der Waals surface area contributed by atoms with E-state index in [1.807, 2.05) is 12.1 Å². The number of phenols is 1. The highest BCUT2D eigenvalue weighted by Crippen LogP contribution is 2.24. The number of nitrogens with one attached hydrogen (secondary N) is 2. The van der Waals surface area contributed by atoms with Crippen LogP contribution in [0.25, 0.3) is 0 Å². The average Bonchev–Trinajstić information content (AvgIpc) is 2.49.